The number of benzene rings is 1. The molecule has 1 atom stereocenters. The van der Waals surface area contributed by atoms with Gasteiger partial charge in [0.15, 0.2) is 0 Å². The normalized spacial score (nSPS) is 15.7. The highest BCUT2D eigenvalue weighted by molar-refractivity contribution is 5.89. The van der Waals surface area contributed by atoms with Crippen LogP contribution in [-0.2, 0) is 13.1 Å². The first kappa shape index (κ1) is 18.2. The number of carbonyl (C=O) groups is 1. The summed E-state index contributed by atoms with van der Waals surface area (Å²) >= 11 is 0. The van der Waals surface area contributed by atoms with Crippen molar-refractivity contribution in [2.75, 3.05) is 5.32 Å². The van der Waals surface area contributed by atoms with Crippen LogP contribution in [0.2, 0.25) is 0 Å². The summed E-state index contributed by atoms with van der Waals surface area (Å²) in [5.41, 5.74) is 4.91. The van der Waals surface area contributed by atoms with Crippen molar-refractivity contribution in [3.63, 3.8) is 0 Å². The number of pyridine rings is 1. The number of imidazole rings is 1. The smallest absolute Gasteiger partial charge is 0.319 e. The molecule has 144 valence electrons. The van der Waals surface area contributed by atoms with Gasteiger partial charge in [-0.15, -0.1) is 0 Å². The second-order valence-corrected chi connectivity index (χ2v) is 7.00. The van der Waals surface area contributed by atoms with Gasteiger partial charge >= 0.3 is 6.03 Å². The third kappa shape index (κ3) is 3.88. The van der Waals surface area contributed by atoms with Crippen molar-refractivity contribution in [2.24, 2.45) is 0 Å². The monoisotopic (exact) mass is 379 g/mol. The van der Waals surface area contributed by atoms with E-state index >= 15 is 0 Å². The Morgan fingerprint density at radius 1 is 1.21 bits per heavy atom. The number of carbonyl (C=O) groups excluding carboxylic acids is 1. The standard InChI is InChI=1S/C21H22FN5O/c1-14-20-19(3-2-10-27(20)13-25-14)15-4-7-17(8-5-15)26-21(28)24-12-18-9-6-16(22)11-23-18/h4-9,11,13,19H,2-3,10,12H2,1H3,(H2,24,26,28)/t19-/m1/s1. The lowest BCUT2D eigenvalue weighted by Gasteiger charge is -2.25. The molecule has 28 heavy (non-hydrogen) atoms. The number of aryl methyl sites for hydroxylation is 2. The maximum Gasteiger partial charge on any atom is 0.319 e. The van der Waals surface area contributed by atoms with E-state index in [4.69, 9.17) is 0 Å². The van der Waals surface area contributed by atoms with E-state index in [-0.39, 0.29) is 12.6 Å². The maximum absolute atomic E-state index is 12.9. The maximum atomic E-state index is 12.9. The van der Waals surface area contributed by atoms with Crippen LogP contribution in [0.3, 0.4) is 0 Å². The molecule has 0 fully saturated rings. The predicted octanol–water partition coefficient (Wildman–Crippen LogP) is 3.97. The summed E-state index contributed by atoms with van der Waals surface area (Å²) in [5, 5.41) is 5.53. The van der Waals surface area contributed by atoms with Crippen molar-refractivity contribution in [1.82, 2.24) is 19.9 Å². The van der Waals surface area contributed by atoms with E-state index in [1.54, 1.807) is 6.07 Å². The minimum Gasteiger partial charge on any atom is -0.334 e. The van der Waals surface area contributed by atoms with E-state index in [1.165, 1.54) is 17.3 Å². The van der Waals surface area contributed by atoms with Gasteiger partial charge in [-0.2, -0.15) is 0 Å². The van der Waals surface area contributed by atoms with Crippen LogP contribution in [0.25, 0.3) is 0 Å². The van der Waals surface area contributed by atoms with Crippen molar-refractivity contribution >= 4 is 11.7 Å². The molecule has 2 N–H and O–H groups in total. The van der Waals surface area contributed by atoms with Crippen molar-refractivity contribution in [2.45, 2.75) is 38.8 Å². The minimum atomic E-state index is -0.399. The van der Waals surface area contributed by atoms with Crippen LogP contribution < -0.4 is 10.6 Å². The first-order valence-electron chi connectivity index (χ1n) is 9.37. The molecular formula is C21H22FN5O. The number of hydrogen-bond acceptors (Lipinski definition) is 3. The Labute approximate surface area is 162 Å². The Bertz CT molecular complexity index is 965. The number of anilines is 1. The summed E-state index contributed by atoms with van der Waals surface area (Å²) < 4.78 is 15.1. The average molecular weight is 379 g/mol. The molecule has 1 aliphatic rings. The molecule has 3 heterocycles. The van der Waals surface area contributed by atoms with E-state index < -0.39 is 5.82 Å². The van der Waals surface area contributed by atoms with Gasteiger partial charge in [0.05, 0.1) is 30.5 Å². The molecule has 0 radical (unpaired) electrons. The number of nitrogens with one attached hydrogen (secondary N) is 2. The van der Waals surface area contributed by atoms with Crippen molar-refractivity contribution in [1.29, 1.82) is 0 Å². The Morgan fingerprint density at radius 3 is 2.79 bits per heavy atom. The van der Waals surface area contributed by atoms with Crippen LogP contribution in [0.1, 0.15) is 41.4 Å². The van der Waals surface area contributed by atoms with Gasteiger partial charge in [0.1, 0.15) is 5.82 Å². The molecule has 0 saturated heterocycles. The topological polar surface area (TPSA) is 71.8 Å². The first-order valence-corrected chi connectivity index (χ1v) is 9.37. The molecule has 2 aromatic heterocycles. The van der Waals surface area contributed by atoms with Crippen LogP contribution >= 0.6 is 0 Å². The lowest BCUT2D eigenvalue weighted by atomic mass is 9.87. The molecule has 0 saturated carbocycles. The summed E-state index contributed by atoms with van der Waals surface area (Å²) in [6, 6.07) is 10.5. The molecule has 0 unspecified atom stereocenters. The van der Waals surface area contributed by atoms with Gasteiger partial charge in [-0.25, -0.2) is 14.2 Å². The largest absolute Gasteiger partial charge is 0.334 e. The summed E-state index contributed by atoms with van der Waals surface area (Å²) in [6.45, 7) is 3.31. The van der Waals surface area contributed by atoms with E-state index in [9.17, 15) is 9.18 Å². The Morgan fingerprint density at radius 2 is 2.04 bits per heavy atom. The van der Waals surface area contributed by atoms with Gasteiger partial charge in [-0.3, -0.25) is 4.98 Å². The first-order chi connectivity index (χ1) is 13.6. The van der Waals surface area contributed by atoms with E-state index in [1.807, 2.05) is 18.5 Å². The number of amides is 2. The fourth-order valence-corrected chi connectivity index (χ4v) is 3.71. The lowest BCUT2D eigenvalue weighted by molar-refractivity contribution is 0.251. The molecule has 7 heteroatoms. The van der Waals surface area contributed by atoms with Crippen LogP contribution in [0.4, 0.5) is 14.9 Å². The van der Waals surface area contributed by atoms with Gasteiger partial charge in [0.2, 0.25) is 0 Å². The number of fused-ring (bicyclic) bond motifs is 1. The van der Waals surface area contributed by atoms with E-state index in [0.717, 1.165) is 31.3 Å². The fourth-order valence-electron chi connectivity index (χ4n) is 3.71. The molecule has 0 bridgehead atoms. The summed E-state index contributed by atoms with van der Waals surface area (Å²) in [5.74, 6) is -0.0619. The molecule has 4 rings (SSSR count). The third-order valence-corrected chi connectivity index (χ3v) is 5.08. The predicted molar refractivity (Wildman–Crippen MR) is 105 cm³/mol. The highest BCUT2D eigenvalue weighted by Crippen LogP contribution is 2.35. The molecule has 0 spiro atoms. The Kier molecular flexibility index (Phi) is 5.06. The highest BCUT2D eigenvalue weighted by Gasteiger charge is 2.24. The van der Waals surface area contributed by atoms with Crippen LogP contribution in [0.5, 0.6) is 0 Å². The second-order valence-electron chi connectivity index (χ2n) is 7.00. The lowest BCUT2D eigenvalue weighted by Crippen LogP contribution is -2.28. The van der Waals surface area contributed by atoms with Crippen molar-refractivity contribution in [3.05, 3.63) is 77.4 Å². The number of halogens is 1. The molecular weight excluding hydrogens is 357 g/mol. The highest BCUT2D eigenvalue weighted by atomic mass is 19.1. The quantitative estimate of drug-likeness (QED) is 0.720. The number of rotatable bonds is 4. The van der Waals surface area contributed by atoms with Crippen LogP contribution in [-0.4, -0.2) is 20.6 Å². The number of aromatic nitrogens is 3. The summed E-state index contributed by atoms with van der Waals surface area (Å²) in [7, 11) is 0. The van der Waals surface area contributed by atoms with Gasteiger partial charge in [0, 0.05) is 23.8 Å². The molecule has 1 aliphatic heterocycles. The zero-order valence-corrected chi connectivity index (χ0v) is 15.7. The van der Waals surface area contributed by atoms with Gasteiger partial charge < -0.3 is 15.2 Å². The van der Waals surface area contributed by atoms with E-state index in [0.29, 0.717) is 17.3 Å². The molecule has 0 aliphatic carbocycles. The van der Waals surface area contributed by atoms with Crippen LogP contribution in [0, 0.1) is 12.7 Å². The SMILES string of the molecule is Cc1ncn2c1[C@@H](c1ccc(NC(=O)NCc3ccc(F)cn3)cc1)CCC2. The number of urea groups is 1. The third-order valence-electron chi connectivity index (χ3n) is 5.08. The minimum absolute atomic E-state index is 0.232. The van der Waals surface area contributed by atoms with Crippen molar-refractivity contribution in [3.8, 4) is 0 Å². The zero-order chi connectivity index (χ0) is 19.5. The van der Waals surface area contributed by atoms with E-state index in [2.05, 4.69) is 44.2 Å². The van der Waals surface area contributed by atoms with Gasteiger partial charge in [0.25, 0.3) is 0 Å². The molecule has 3 aromatic rings. The second kappa shape index (κ2) is 7.80. The number of nitrogens with zero attached hydrogens (tertiary/aromatic N) is 3. The number of hydrogen-bond donors (Lipinski definition) is 2. The average Bonchev–Trinajstić information content (AvgIpc) is 3.09. The Hall–Kier alpha value is -3.22. The summed E-state index contributed by atoms with van der Waals surface area (Å²) in [4.78, 5) is 20.4. The summed E-state index contributed by atoms with van der Waals surface area (Å²) in [6.07, 6.45) is 5.29. The van der Waals surface area contributed by atoms with Crippen LogP contribution in [0.15, 0.2) is 48.9 Å². The molecule has 2 amide bonds. The van der Waals surface area contributed by atoms with Gasteiger partial charge in [-0.1, -0.05) is 12.1 Å². The Balaban J connectivity index is 1.38. The zero-order valence-electron chi connectivity index (χ0n) is 15.7. The molecule has 1 aromatic carbocycles. The molecule has 6 nitrogen and oxygen atoms in total. The fraction of sp³-hybridized carbons (Fsp3) is 0.286. The van der Waals surface area contributed by atoms with Crippen molar-refractivity contribution < 1.29 is 9.18 Å². The van der Waals surface area contributed by atoms with Gasteiger partial charge in [-0.05, 0) is 49.6 Å².